The predicted molar refractivity (Wildman–Crippen MR) is 402 cm³/mol. The van der Waals surface area contributed by atoms with E-state index in [2.05, 4.69) is 398 Å². The van der Waals surface area contributed by atoms with E-state index >= 15 is 0 Å². The third-order valence-electron chi connectivity index (χ3n) is 20.4. The first-order valence-electron chi connectivity index (χ1n) is 33.3. The van der Waals surface area contributed by atoms with Crippen LogP contribution < -0.4 is 9.80 Å². The van der Waals surface area contributed by atoms with Crippen molar-refractivity contribution in [1.82, 2.24) is 0 Å². The Balaban J connectivity index is 0.837. The Morgan fingerprint density at radius 2 is 0.490 bits per heavy atom. The average molecular weight is 1220 g/mol. The maximum Gasteiger partial charge on any atom is 0.0714 e. The monoisotopic (exact) mass is 1220 g/mol. The van der Waals surface area contributed by atoms with E-state index in [1.807, 2.05) is 0 Å². The standard InChI is InChI=1S/C94H64N2/c1-7-29-65(30-8-1)68-33-27-43-75(61-68)95(77-57-59-81-79-45-23-25-51-87(79)93(89(81)63-77,70-35-11-3-12-36-70)71-37-13-4-14-38-71)74-55-53-67(54-56-74)91-83-47-19-21-49-85(83)92(86-50-22-20-48-84(86)91)96(76-44-28-34-69(62-76)66-31-9-2-10-32-66)78-58-60-82-80-46-24-26-52-88(80)94(90(82)64-78,72-39-15-5-16-40-72)73-41-17-6-18-42-73/h1-64H. The van der Waals surface area contributed by atoms with Crippen LogP contribution in [0.15, 0.2) is 388 Å². The molecule has 0 fully saturated rings. The van der Waals surface area contributed by atoms with Gasteiger partial charge in [0.2, 0.25) is 0 Å². The lowest BCUT2D eigenvalue weighted by Gasteiger charge is -2.35. The highest BCUT2D eigenvalue weighted by Crippen LogP contribution is 2.60. The largest absolute Gasteiger partial charge is 0.310 e. The first kappa shape index (κ1) is 56.4. The molecule has 0 saturated carbocycles. The third kappa shape index (κ3) is 8.94. The molecule has 16 aromatic carbocycles. The molecule has 0 N–H and O–H groups in total. The van der Waals surface area contributed by atoms with Crippen molar-refractivity contribution < 1.29 is 0 Å². The molecule has 2 nitrogen and oxygen atoms in total. The van der Waals surface area contributed by atoms with Crippen molar-refractivity contribution in [1.29, 1.82) is 0 Å². The summed E-state index contributed by atoms with van der Waals surface area (Å²) in [6.45, 7) is 0. The van der Waals surface area contributed by atoms with Gasteiger partial charge in [-0.15, -0.1) is 0 Å². The van der Waals surface area contributed by atoms with Gasteiger partial charge in [-0.2, -0.15) is 0 Å². The molecule has 2 aliphatic carbocycles. The second kappa shape index (κ2) is 23.3. The Morgan fingerprint density at radius 3 is 0.917 bits per heavy atom. The summed E-state index contributed by atoms with van der Waals surface area (Å²) in [4.78, 5) is 5.01. The van der Waals surface area contributed by atoms with Crippen molar-refractivity contribution in [2.24, 2.45) is 0 Å². The van der Waals surface area contributed by atoms with E-state index in [4.69, 9.17) is 0 Å². The summed E-state index contributed by atoms with van der Waals surface area (Å²) in [5.41, 5.74) is 27.3. The zero-order chi connectivity index (χ0) is 63.6. The molecule has 0 saturated heterocycles. The Bertz CT molecular complexity index is 5440. The zero-order valence-corrected chi connectivity index (χ0v) is 52.8. The van der Waals surface area contributed by atoms with Gasteiger partial charge in [0.05, 0.1) is 16.5 Å². The molecule has 0 spiro atoms. The SMILES string of the molecule is c1ccc(-c2cccc(N(c3ccc(-c4c5ccccc5c(N(c5cccc(-c6ccccc6)c5)c5ccc6c(c5)C(c5ccccc5)(c5ccccc5)c5ccccc5-6)c5ccccc45)cc3)c3ccc4c(c3)C(c3ccccc3)(c3ccccc3)c3ccccc3-4)c2)cc1. The number of nitrogens with zero attached hydrogens (tertiary/aromatic N) is 2. The first-order valence-corrected chi connectivity index (χ1v) is 33.3. The summed E-state index contributed by atoms with van der Waals surface area (Å²) in [6, 6.07) is 144. The molecule has 0 unspecified atom stereocenters. The lowest BCUT2D eigenvalue weighted by atomic mass is 9.67. The van der Waals surface area contributed by atoms with Gasteiger partial charge in [-0.1, -0.05) is 328 Å². The number of hydrogen-bond donors (Lipinski definition) is 0. The Kier molecular flexibility index (Phi) is 13.7. The summed E-state index contributed by atoms with van der Waals surface area (Å²) >= 11 is 0. The molecule has 0 atom stereocenters. The fourth-order valence-electron chi connectivity index (χ4n) is 16.3. The second-order valence-corrected chi connectivity index (χ2v) is 25.4. The molecule has 18 rings (SSSR count). The van der Waals surface area contributed by atoms with Gasteiger partial charge in [0.1, 0.15) is 0 Å². The molecule has 16 aromatic rings. The molecule has 450 valence electrons. The van der Waals surface area contributed by atoms with Crippen LogP contribution in [-0.4, -0.2) is 0 Å². The molecule has 0 radical (unpaired) electrons. The summed E-state index contributed by atoms with van der Waals surface area (Å²) in [5, 5.41) is 4.65. The molecule has 2 aliphatic rings. The molecule has 96 heavy (non-hydrogen) atoms. The van der Waals surface area contributed by atoms with Crippen molar-refractivity contribution >= 4 is 55.7 Å². The number of hydrogen-bond acceptors (Lipinski definition) is 2. The van der Waals surface area contributed by atoms with Crippen molar-refractivity contribution in [3.05, 3.63) is 433 Å². The van der Waals surface area contributed by atoms with Gasteiger partial charge >= 0.3 is 0 Å². The van der Waals surface area contributed by atoms with E-state index in [0.29, 0.717) is 0 Å². The van der Waals surface area contributed by atoms with Gasteiger partial charge < -0.3 is 9.80 Å². The van der Waals surface area contributed by atoms with Crippen LogP contribution >= 0.6 is 0 Å². The van der Waals surface area contributed by atoms with Crippen LogP contribution in [0.4, 0.5) is 34.1 Å². The Hall–Kier alpha value is -12.4. The van der Waals surface area contributed by atoms with Crippen LogP contribution in [0.1, 0.15) is 44.5 Å². The molecule has 0 bridgehead atoms. The van der Waals surface area contributed by atoms with E-state index in [1.165, 1.54) is 94.2 Å². The highest BCUT2D eigenvalue weighted by molar-refractivity contribution is 6.22. The van der Waals surface area contributed by atoms with E-state index in [0.717, 1.165) is 61.6 Å². The molecular formula is C94H64N2. The van der Waals surface area contributed by atoms with Crippen LogP contribution in [0, 0.1) is 0 Å². The van der Waals surface area contributed by atoms with Gasteiger partial charge in [-0.25, -0.2) is 0 Å². The van der Waals surface area contributed by atoms with Crippen molar-refractivity contribution in [2.45, 2.75) is 10.8 Å². The Labute approximate surface area is 561 Å². The molecule has 0 amide bonds. The van der Waals surface area contributed by atoms with E-state index in [1.54, 1.807) is 0 Å². The van der Waals surface area contributed by atoms with Crippen LogP contribution in [0.25, 0.3) is 77.2 Å². The molecular weight excluding hydrogens is 1160 g/mol. The molecule has 0 heterocycles. The minimum Gasteiger partial charge on any atom is -0.310 e. The topological polar surface area (TPSA) is 6.48 Å². The second-order valence-electron chi connectivity index (χ2n) is 25.4. The van der Waals surface area contributed by atoms with Crippen LogP contribution in [0.2, 0.25) is 0 Å². The van der Waals surface area contributed by atoms with E-state index in [-0.39, 0.29) is 0 Å². The number of fused-ring (bicyclic) bond motifs is 8. The minimum atomic E-state index is -0.594. The predicted octanol–water partition coefficient (Wildman–Crippen LogP) is 24.7. The maximum atomic E-state index is 2.55. The molecule has 2 heteroatoms. The quantitative estimate of drug-likeness (QED) is 0.106. The molecule has 0 aromatic heterocycles. The van der Waals surface area contributed by atoms with Crippen molar-refractivity contribution in [3.8, 4) is 55.6 Å². The first-order chi connectivity index (χ1) is 47.6. The summed E-state index contributed by atoms with van der Waals surface area (Å²) in [7, 11) is 0. The zero-order valence-electron chi connectivity index (χ0n) is 52.8. The van der Waals surface area contributed by atoms with Gasteiger partial charge in [-0.3, -0.25) is 0 Å². The number of benzene rings is 16. The van der Waals surface area contributed by atoms with Gasteiger partial charge in [0, 0.05) is 39.2 Å². The van der Waals surface area contributed by atoms with E-state index < -0.39 is 10.8 Å². The lowest BCUT2D eigenvalue weighted by Crippen LogP contribution is -2.28. The smallest absolute Gasteiger partial charge is 0.0714 e. The van der Waals surface area contributed by atoms with Gasteiger partial charge in [0.25, 0.3) is 0 Å². The highest BCUT2D eigenvalue weighted by atomic mass is 15.2. The molecule has 0 aliphatic heterocycles. The van der Waals surface area contributed by atoms with Gasteiger partial charge in [-0.05, 0) is 172 Å². The maximum absolute atomic E-state index is 2.55. The van der Waals surface area contributed by atoms with Crippen LogP contribution in [-0.2, 0) is 10.8 Å². The fourth-order valence-corrected chi connectivity index (χ4v) is 16.3. The van der Waals surface area contributed by atoms with Gasteiger partial charge in [0.15, 0.2) is 0 Å². The summed E-state index contributed by atoms with van der Waals surface area (Å²) < 4.78 is 0. The van der Waals surface area contributed by atoms with Crippen molar-refractivity contribution in [3.63, 3.8) is 0 Å². The van der Waals surface area contributed by atoms with E-state index in [9.17, 15) is 0 Å². The summed E-state index contributed by atoms with van der Waals surface area (Å²) in [5.74, 6) is 0. The van der Waals surface area contributed by atoms with Crippen molar-refractivity contribution in [2.75, 3.05) is 9.80 Å². The fraction of sp³-hybridized carbons (Fsp3) is 0.0213. The van der Waals surface area contributed by atoms with Crippen LogP contribution in [0.3, 0.4) is 0 Å². The third-order valence-corrected chi connectivity index (χ3v) is 20.4. The number of anilines is 6. The van der Waals surface area contributed by atoms with Crippen LogP contribution in [0.5, 0.6) is 0 Å². The Morgan fingerprint density at radius 1 is 0.177 bits per heavy atom. The highest BCUT2D eigenvalue weighted by Gasteiger charge is 2.48. The average Bonchev–Trinajstić information content (AvgIpc) is 1.45. The normalized spacial score (nSPS) is 13.0. The minimum absolute atomic E-state index is 0.568. The number of rotatable bonds is 13. The summed E-state index contributed by atoms with van der Waals surface area (Å²) in [6.07, 6.45) is 0. The lowest BCUT2D eigenvalue weighted by molar-refractivity contribution is 0.768.